The highest BCUT2D eigenvalue weighted by Gasteiger charge is 2.16. The van der Waals surface area contributed by atoms with E-state index in [4.69, 9.17) is 20.8 Å². The van der Waals surface area contributed by atoms with Gasteiger partial charge >= 0.3 is 5.97 Å². The number of amides is 1. The molecule has 0 bridgehead atoms. The zero-order chi connectivity index (χ0) is 19.4. The van der Waals surface area contributed by atoms with E-state index >= 15 is 0 Å². The number of rotatable bonds is 5. The van der Waals surface area contributed by atoms with Gasteiger partial charge in [-0.1, -0.05) is 17.7 Å². The van der Waals surface area contributed by atoms with Gasteiger partial charge in [0.25, 0.3) is 5.91 Å². The van der Waals surface area contributed by atoms with Crippen molar-refractivity contribution in [2.75, 3.05) is 11.9 Å². The molecule has 27 heavy (non-hydrogen) atoms. The fourth-order valence-electron chi connectivity index (χ4n) is 2.35. The SMILES string of the molecule is Cc1c(Cl)cccc1NC(=O)COC(=O)c1ccc(-c2ccc(F)cc2)o1. The minimum absolute atomic E-state index is 0.0546. The summed E-state index contributed by atoms with van der Waals surface area (Å²) in [5, 5.41) is 3.15. The van der Waals surface area contributed by atoms with Crippen LogP contribution in [-0.2, 0) is 9.53 Å². The fraction of sp³-hybridized carbons (Fsp3) is 0.100. The van der Waals surface area contributed by atoms with Crippen LogP contribution in [-0.4, -0.2) is 18.5 Å². The van der Waals surface area contributed by atoms with Gasteiger partial charge < -0.3 is 14.5 Å². The molecule has 1 aromatic heterocycles. The van der Waals surface area contributed by atoms with Crippen LogP contribution >= 0.6 is 11.6 Å². The van der Waals surface area contributed by atoms with E-state index in [-0.39, 0.29) is 11.6 Å². The highest BCUT2D eigenvalue weighted by molar-refractivity contribution is 6.31. The Morgan fingerprint density at radius 3 is 2.59 bits per heavy atom. The van der Waals surface area contributed by atoms with E-state index in [0.29, 0.717) is 27.6 Å². The first-order valence-corrected chi connectivity index (χ1v) is 8.39. The summed E-state index contributed by atoms with van der Waals surface area (Å²) in [5.41, 5.74) is 1.87. The van der Waals surface area contributed by atoms with Gasteiger partial charge in [-0.05, 0) is 61.0 Å². The van der Waals surface area contributed by atoms with E-state index in [9.17, 15) is 14.0 Å². The number of furan rings is 1. The number of anilines is 1. The zero-order valence-corrected chi connectivity index (χ0v) is 15.0. The summed E-state index contributed by atoms with van der Waals surface area (Å²) in [6.07, 6.45) is 0. The van der Waals surface area contributed by atoms with Gasteiger partial charge in [-0.2, -0.15) is 0 Å². The Kier molecular flexibility index (Phi) is 5.57. The molecule has 0 fully saturated rings. The Bertz CT molecular complexity index is 982. The molecular formula is C20H15ClFNO4. The van der Waals surface area contributed by atoms with Crippen LogP contribution in [0.1, 0.15) is 16.1 Å². The summed E-state index contributed by atoms with van der Waals surface area (Å²) in [5.74, 6) is -1.31. The molecule has 0 aliphatic heterocycles. The number of nitrogens with one attached hydrogen (secondary N) is 1. The maximum Gasteiger partial charge on any atom is 0.374 e. The van der Waals surface area contributed by atoms with E-state index in [1.165, 1.54) is 30.3 Å². The second-order valence-corrected chi connectivity index (χ2v) is 6.11. The monoisotopic (exact) mass is 387 g/mol. The minimum atomic E-state index is -0.777. The van der Waals surface area contributed by atoms with Gasteiger partial charge in [0.2, 0.25) is 5.76 Å². The molecule has 5 nitrogen and oxygen atoms in total. The van der Waals surface area contributed by atoms with E-state index < -0.39 is 18.5 Å². The molecule has 1 N–H and O–H groups in total. The zero-order valence-electron chi connectivity index (χ0n) is 14.3. The molecule has 0 unspecified atom stereocenters. The van der Waals surface area contributed by atoms with Gasteiger partial charge in [0.15, 0.2) is 6.61 Å². The molecule has 1 heterocycles. The molecule has 0 aliphatic carbocycles. The molecule has 138 valence electrons. The molecule has 2 aromatic carbocycles. The lowest BCUT2D eigenvalue weighted by Gasteiger charge is -2.09. The Hall–Kier alpha value is -3.12. The van der Waals surface area contributed by atoms with Crippen LogP contribution in [0.25, 0.3) is 11.3 Å². The minimum Gasteiger partial charge on any atom is -0.450 e. The third-order valence-electron chi connectivity index (χ3n) is 3.81. The predicted octanol–water partition coefficient (Wildman–Crippen LogP) is 4.84. The van der Waals surface area contributed by atoms with E-state index in [1.54, 1.807) is 31.2 Å². The van der Waals surface area contributed by atoms with Crippen LogP contribution in [0.4, 0.5) is 10.1 Å². The standard InChI is InChI=1S/C20H15ClFNO4/c1-12-15(21)3-2-4-16(12)23-19(24)11-26-20(25)18-10-9-17(27-18)13-5-7-14(22)8-6-13/h2-10H,11H2,1H3,(H,23,24). The predicted molar refractivity (Wildman–Crippen MR) is 99.2 cm³/mol. The van der Waals surface area contributed by atoms with Crippen LogP contribution in [0.5, 0.6) is 0 Å². The summed E-state index contributed by atoms with van der Waals surface area (Å²) in [7, 11) is 0. The number of hydrogen-bond donors (Lipinski definition) is 1. The highest BCUT2D eigenvalue weighted by Crippen LogP contribution is 2.24. The molecule has 0 atom stereocenters. The van der Waals surface area contributed by atoms with E-state index in [0.717, 1.165) is 0 Å². The Morgan fingerprint density at radius 1 is 1.11 bits per heavy atom. The number of carbonyl (C=O) groups excluding carboxylic acids is 2. The van der Waals surface area contributed by atoms with Crippen molar-refractivity contribution in [2.24, 2.45) is 0 Å². The smallest absolute Gasteiger partial charge is 0.374 e. The second-order valence-electron chi connectivity index (χ2n) is 5.71. The lowest BCUT2D eigenvalue weighted by atomic mass is 10.2. The average molecular weight is 388 g/mol. The third kappa shape index (κ3) is 4.54. The quantitative estimate of drug-likeness (QED) is 0.636. The van der Waals surface area contributed by atoms with E-state index in [1.807, 2.05) is 0 Å². The lowest BCUT2D eigenvalue weighted by molar-refractivity contribution is -0.119. The number of esters is 1. The molecule has 1 amide bonds. The van der Waals surface area contributed by atoms with Crippen molar-refractivity contribution < 1.29 is 23.1 Å². The maximum atomic E-state index is 13.0. The molecule has 3 aromatic rings. The summed E-state index contributed by atoms with van der Waals surface area (Å²) in [6.45, 7) is 1.29. The Morgan fingerprint density at radius 2 is 1.85 bits per heavy atom. The fourth-order valence-corrected chi connectivity index (χ4v) is 2.52. The first-order chi connectivity index (χ1) is 12.9. The van der Waals surface area contributed by atoms with Crippen molar-refractivity contribution in [3.8, 4) is 11.3 Å². The normalized spacial score (nSPS) is 10.5. The number of carbonyl (C=O) groups is 2. The molecule has 0 saturated carbocycles. The Balaban J connectivity index is 1.58. The number of ether oxygens (including phenoxy) is 1. The number of benzene rings is 2. The van der Waals surface area contributed by atoms with Gasteiger partial charge in [0.1, 0.15) is 11.6 Å². The van der Waals surface area contributed by atoms with Crippen molar-refractivity contribution in [1.82, 2.24) is 0 Å². The second kappa shape index (κ2) is 8.05. The molecular weight excluding hydrogens is 373 g/mol. The first kappa shape index (κ1) is 18.7. The van der Waals surface area contributed by atoms with Crippen molar-refractivity contribution in [2.45, 2.75) is 6.92 Å². The highest BCUT2D eigenvalue weighted by atomic mass is 35.5. The first-order valence-electron chi connectivity index (χ1n) is 8.02. The maximum absolute atomic E-state index is 13.0. The van der Waals surface area contributed by atoms with Gasteiger partial charge in [-0.25, -0.2) is 9.18 Å². The molecule has 7 heteroatoms. The molecule has 0 radical (unpaired) electrons. The Labute approximate surface area is 159 Å². The van der Waals surface area contributed by atoms with Gasteiger partial charge in [0, 0.05) is 16.3 Å². The molecule has 0 aliphatic rings. The summed E-state index contributed by atoms with van der Waals surface area (Å²) in [6, 6.07) is 13.8. The number of halogens is 2. The van der Waals surface area contributed by atoms with Gasteiger partial charge in [-0.3, -0.25) is 4.79 Å². The summed E-state index contributed by atoms with van der Waals surface area (Å²) < 4.78 is 23.3. The van der Waals surface area contributed by atoms with Crippen molar-refractivity contribution >= 4 is 29.2 Å². The topological polar surface area (TPSA) is 68.5 Å². The van der Waals surface area contributed by atoms with Crippen molar-refractivity contribution in [1.29, 1.82) is 0 Å². The van der Waals surface area contributed by atoms with Gasteiger partial charge in [-0.15, -0.1) is 0 Å². The summed E-state index contributed by atoms with van der Waals surface area (Å²) >= 11 is 6.00. The van der Waals surface area contributed by atoms with Crippen LogP contribution in [0.2, 0.25) is 5.02 Å². The number of hydrogen-bond acceptors (Lipinski definition) is 4. The largest absolute Gasteiger partial charge is 0.450 e. The lowest BCUT2D eigenvalue weighted by Crippen LogP contribution is -2.21. The summed E-state index contributed by atoms with van der Waals surface area (Å²) in [4.78, 5) is 24.0. The van der Waals surface area contributed by atoms with E-state index in [2.05, 4.69) is 5.32 Å². The molecule has 3 rings (SSSR count). The third-order valence-corrected chi connectivity index (χ3v) is 4.22. The average Bonchev–Trinajstić information content (AvgIpc) is 3.14. The van der Waals surface area contributed by atoms with Crippen molar-refractivity contribution in [3.63, 3.8) is 0 Å². The van der Waals surface area contributed by atoms with Crippen LogP contribution in [0.15, 0.2) is 59.0 Å². The van der Waals surface area contributed by atoms with Gasteiger partial charge in [0.05, 0.1) is 0 Å². The van der Waals surface area contributed by atoms with Crippen LogP contribution < -0.4 is 5.32 Å². The molecule has 0 saturated heterocycles. The molecule has 0 spiro atoms. The van der Waals surface area contributed by atoms with Crippen molar-refractivity contribution in [3.05, 3.63) is 76.8 Å². The van der Waals surface area contributed by atoms with Crippen LogP contribution in [0, 0.1) is 12.7 Å². The van der Waals surface area contributed by atoms with Crippen LogP contribution in [0.3, 0.4) is 0 Å².